The summed E-state index contributed by atoms with van der Waals surface area (Å²) in [5.41, 5.74) is 1.03. The first-order valence-electron chi connectivity index (χ1n) is 13.1. The van der Waals surface area contributed by atoms with Crippen molar-refractivity contribution >= 4 is 27.5 Å². The van der Waals surface area contributed by atoms with E-state index in [2.05, 4.69) is 5.32 Å². The summed E-state index contributed by atoms with van der Waals surface area (Å²) in [5.74, 6) is 0.309. The van der Waals surface area contributed by atoms with Crippen molar-refractivity contribution < 1.29 is 27.5 Å². The van der Waals surface area contributed by atoms with Gasteiger partial charge in [0, 0.05) is 13.1 Å². The molecule has 0 aliphatic heterocycles. The molecule has 0 heterocycles. The largest absolute Gasteiger partial charge is 0.497 e. The zero-order chi connectivity index (χ0) is 29.1. The maximum atomic E-state index is 13.9. The molecular weight excluding hydrogens is 530 g/mol. The third-order valence-electron chi connectivity index (χ3n) is 6.45. The quantitative estimate of drug-likeness (QED) is 0.292. The maximum Gasteiger partial charge on any atom is 0.264 e. The summed E-state index contributed by atoms with van der Waals surface area (Å²) in [7, 11) is -1.06. The first kappa shape index (κ1) is 30.5. The molecule has 3 aromatic rings. The van der Waals surface area contributed by atoms with Gasteiger partial charge in [-0.15, -0.1) is 0 Å². The minimum absolute atomic E-state index is 0.0447. The molecule has 1 N–H and O–H groups in total. The summed E-state index contributed by atoms with van der Waals surface area (Å²) >= 11 is 0. The molecule has 2 amide bonds. The number of methoxy groups -OCH3 is 2. The molecule has 3 aromatic carbocycles. The van der Waals surface area contributed by atoms with E-state index in [1.807, 2.05) is 13.0 Å². The van der Waals surface area contributed by atoms with Crippen LogP contribution >= 0.6 is 0 Å². The fourth-order valence-electron chi connectivity index (χ4n) is 4.08. The summed E-state index contributed by atoms with van der Waals surface area (Å²) in [6.07, 6.45) is 1.72. The normalized spacial score (nSPS) is 11.8. The molecule has 10 heteroatoms. The van der Waals surface area contributed by atoms with E-state index in [0.717, 1.165) is 22.7 Å². The molecule has 0 saturated heterocycles. The molecule has 0 aromatic heterocycles. The topological polar surface area (TPSA) is 105 Å². The van der Waals surface area contributed by atoms with Crippen molar-refractivity contribution in [2.45, 2.75) is 44.2 Å². The maximum absolute atomic E-state index is 13.9. The second kappa shape index (κ2) is 14.4. The molecule has 9 nitrogen and oxygen atoms in total. The third-order valence-corrected chi connectivity index (χ3v) is 8.24. The number of ether oxygens (including phenoxy) is 2. The number of carbonyl (C=O) groups excluding carboxylic acids is 2. The van der Waals surface area contributed by atoms with Crippen molar-refractivity contribution in [3.8, 4) is 11.5 Å². The van der Waals surface area contributed by atoms with Crippen LogP contribution in [0.15, 0.2) is 83.8 Å². The lowest BCUT2D eigenvalue weighted by molar-refractivity contribution is -0.139. The van der Waals surface area contributed by atoms with Crippen LogP contribution in [0.2, 0.25) is 0 Å². The Morgan fingerprint density at radius 2 is 1.57 bits per heavy atom. The summed E-state index contributed by atoms with van der Waals surface area (Å²) in [6.45, 7) is 3.72. The zero-order valence-electron chi connectivity index (χ0n) is 23.4. The van der Waals surface area contributed by atoms with Crippen LogP contribution in [-0.4, -0.2) is 58.5 Å². The van der Waals surface area contributed by atoms with E-state index in [9.17, 15) is 18.0 Å². The molecular formula is C30H37N3O6S. The summed E-state index contributed by atoms with van der Waals surface area (Å²) in [4.78, 5) is 28.4. The molecule has 0 aliphatic rings. The van der Waals surface area contributed by atoms with Gasteiger partial charge in [-0.2, -0.15) is 0 Å². The van der Waals surface area contributed by atoms with E-state index in [-0.39, 0.29) is 17.3 Å². The van der Waals surface area contributed by atoms with Gasteiger partial charge in [-0.3, -0.25) is 13.9 Å². The zero-order valence-corrected chi connectivity index (χ0v) is 24.2. The number of anilines is 1. The van der Waals surface area contributed by atoms with Gasteiger partial charge in [0.05, 0.1) is 24.8 Å². The second-order valence-electron chi connectivity index (χ2n) is 9.22. The standard InChI is InChI=1S/C30H37N3O6S/c1-5-6-19-31-30(35)23(2)32(21-24-11-10-12-27(20-24)39-4)29(34)22-33(25-15-17-26(38-3)18-16-25)40(36,37)28-13-8-7-9-14-28/h7-18,20,23H,5-6,19,21-22H2,1-4H3,(H,31,35)/t23-/m1/s1. The van der Waals surface area contributed by atoms with Gasteiger partial charge in [-0.05, 0) is 67.4 Å². The van der Waals surface area contributed by atoms with Crippen LogP contribution in [0.5, 0.6) is 11.5 Å². The van der Waals surface area contributed by atoms with Crippen molar-refractivity contribution in [2.24, 2.45) is 0 Å². The number of amides is 2. The number of hydrogen-bond donors (Lipinski definition) is 1. The lowest BCUT2D eigenvalue weighted by Gasteiger charge is -2.32. The van der Waals surface area contributed by atoms with Crippen LogP contribution in [0.4, 0.5) is 5.69 Å². The second-order valence-corrected chi connectivity index (χ2v) is 11.1. The van der Waals surface area contributed by atoms with Crippen molar-refractivity contribution in [3.63, 3.8) is 0 Å². The van der Waals surface area contributed by atoms with Crippen molar-refractivity contribution in [3.05, 3.63) is 84.4 Å². The molecule has 0 radical (unpaired) electrons. The summed E-state index contributed by atoms with van der Waals surface area (Å²) in [6, 6.07) is 20.7. The average Bonchev–Trinajstić information content (AvgIpc) is 2.98. The predicted octanol–water partition coefficient (Wildman–Crippen LogP) is 4.23. The first-order chi connectivity index (χ1) is 19.2. The number of sulfonamides is 1. The van der Waals surface area contributed by atoms with Crippen LogP contribution in [0.1, 0.15) is 32.3 Å². The number of nitrogens with one attached hydrogen (secondary N) is 1. The van der Waals surface area contributed by atoms with Gasteiger partial charge >= 0.3 is 0 Å². The van der Waals surface area contributed by atoms with E-state index < -0.39 is 28.5 Å². The van der Waals surface area contributed by atoms with Crippen LogP contribution in [0.25, 0.3) is 0 Å². The highest BCUT2D eigenvalue weighted by Gasteiger charge is 2.32. The lowest BCUT2D eigenvalue weighted by atomic mass is 10.1. The molecule has 0 bridgehead atoms. The minimum atomic E-state index is -4.12. The smallest absolute Gasteiger partial charge is 0.264 e. The van der Waals surface area contributed by atoms with E-state index >= 15 is 0 Å². The Labute approximate surface area is 236 Å². The lowest BCUT2D eigenvalue weighted by Crippen LogP contribution is -2.51. The Kier molecular flexibility index (Phi) is 11.0. The average molecular weight is 568 g/mol. The Hall–Kier alpha value is -4.05. The molecule has 0 spiro atoms. The molecule has 0 fully saturated rings. The van der Waals surface area contributed by atoms with E-state index in [4.69, 9.17) is 9.47 Å². The van der Waals surface area contributed by atoms with Crippen molar-refractivity contribution in [1.82, 2.24) is 10.2 Å². The van der Waals surface area contributed by atoms with Crippen LogP contribution < -0.4 is 19.1 Å². The predicted molar refractivity (Wildman–Crippen MR) is 155 cm³/mol. The van der Waals surface area contributed by atoms with Crippen molar-refractivity contribution in [2.75, 3.05) is 31.6 Å². The molecule has 1 atom stereocenters. The van der Waals surface area contributed by atoms with Crippen LogP contribution in [-0.2, 0) is 26.2 Å². The molecule has 0 saturated carbocycles. The Bertz CT molecular complexity index is 1360. The Balaban J connectivity index is 2.00. The van der Waals surface area contributed by atoms with Gasteiger partial charge < -0.3 is 19.7 Å². The molecule has 0 unspecified atom stereocenters. The molecule has 3 rings (SSSR count). The van der Waals surface area contributed by atoms with Gasteiger partial charge in [0.25, 0.3) is 10.0 Å². The van der Waals surface area contributed by atoms with Crippen LogP contribution in [0, 0.1) is 0 Å². The van der Waals surface area contributed by atoms with E-state index in [1.165, 1.54) is 24.1 Å². The van der Waals surface area contributed by atoms with Gasteiger partial charge in [0.1, 0.15) is 24.1 Å². The van der Waals surface area contributed by atoms with Gasteiger partial charge in [0.15, 0.2) is 0 Å². The molecule has 40 heavy (non-hydrogen) atoms. The van der Waals surface area contributed by atoms with Crippen LogP contribution in [0.3, 0.4) is 0 Å². The van der Waals surface area contributed by atoms with Gasteiger partial charge in [-0.25, -0.2) is 8.42 Å². The molecule has 214 valence electrons. The number of benzene rings is 3. The summed E-state index contributed by atoms with van der Waals surface area (Å²) in [5, 5.41) is 2.88. The minimum Gasteiger partial charge on any atom is -0.497 e. The highest BCUT2D eigenvalue weighted by atomic mass is 32.2. The first-order valence-corrected chi connectivity index (χ1v) is 14.6. The van der Waals surface area contributed by atoms with E-state index in [1.54, 1.807) is 74.7 Å². The number of unbranched alkanes of at least 4 members (excludes halogenated alkanes) is 1. The number of rotatable bonds is 14. The SMILES string of the molecule is CCCCNC(=O)[C@@H](C)N(Cc1cccc(OC)c1)C(=O)CN(c1ccc(OC)cc1)S(=O)(=O)c1ccccc1. The highest BCUT2D eigenvalue weighted by Crippen LogP contribution is 2.26. The van der Waals surface area contributed by atoms with E-state index in [0.29, 0.717) is 23.7 Å². The number of hydrogen-bond acceptors (Lipinski definition) is 6. The number of carbonyl (C=O) groups is 2. The fourth-order valence-corrected chi connectivity index (χ4v) is 5.52. The van der Waals surface area contributed by atoms with Gasteiger partial charge in [-0.1, -0.05) is 43.7 Å². The number of nitrogens with zero attached hydrogens (tertiary/aromatic N) is 2. The summed E-state index contributed by atoms with van der Waals surface area (Å²) < 4.78 is 39.2. The Morgan fingerprint density at radius 3 is 2.20 bits per heavy atom. The Morgan fingerprint density at radius 1 is 0.900 bits per heavy atom. The fraction of sp³-hybridized carbons (Fsp3) is 0.333. The molecule has 0 aliphatic carbocycles. The van der Waals surface area contributed by atoms with Crippen molar-refractivity contribution in [1.29, 1.82) is 0 Å². The monoisotopic (exact) mass is 567 g/mol. The third kappa shape index (κ3) is 7.75. The highest BCUT2D eigenvalue weighted by molar-refractivity contribution is 7.92. The van der Waals surface area contributed by atoms with Gasteiger partial charge in [0.2, 0.25) is 11.8 Å².